The van der Waals surface area contributed by atoms with Gasteiger partial charge in [0.15, 0.2) is 0 Å². The van der Waals surface area contributed by atoms with E-state index in [-0.39, 0.29) is 17.8 Å². The Hall–Kier alpha value is -1.42. The number of hydrogen-bond donors (Lipinski definition) is 1. The largest absolute Gasteiger partial charge is 0.332 e. The number of nitrogens with two attached hydrogens (primary N) is 1. The van der Waals surface area contributed by atoms with Crippen LogP contribution in [0.3, 0.4) is 0 Å². The maximum Gasteiger partial charge on any atom is 0.242 e. The van der Waals surface area contributed by atoms with Crippen molar-refractivity contribution in [3.8, 4) is 0 Å². The highest BCUT2D eigenvalue weighted by molar-refractivity contribution is 5.89. The molecule has 2 rings (SSSR count). The van der Waals surface area contributed by atoms with Crippen LogP contribution in [0, 0.1) is 5.82 Å². The Kier molecular flexibility index (Phi) is 2.44. The molecule has 1 amide bonds. The van der Waals surface area contributed by atoms with Gasteiger partial charge >= 0.3 is 0 Å². The predicted octanol–water partition coefficient (Wildman–Crippen LogP) is 1.06. The van der Waals surface area contributed by atoms with Crippen molar-refractivity contribution in [3.05, 3.63) is 35.6 Å². The Balaban J connectivity index is 2.24. The van der Waals surface area contributed by atoms with Crippen LogP contribution >= 0.6 is 0 Å². The molecule has 1 heterocycles. The molecule has 0 saturated carbocycles. The van der Waals surface area contributed by atoms with Crippen molar-refractivity contribution in [2.45, 2.75) is 19.0 Å². The first-order valence-electron chi connectivity index (χ1n) is 4.96. The first-order chi connectivity index (χ1) is 7.15. The molecule has 1 aromatic carbocycles. The smallest absolute Gasteiger partial charge is 0.242 e. The second-order valence-electron chi connectivity index (χ2n) is 3.65. The number of benzene rings is 1. The van der Waals surface area contributed by atoms with Crippen molar-refractivity contribution < 1.29 is 9.18 Å². The molecule has 80 valence electrons. The van der Waals surface area contributed by atoms with E-state index in [1.54, 1.807) is 17.0 Å². The highest BCUT2D eigenvalue weighted by atomic mass is 19.1. The highest BCUT2D eigenvalue weighted by Gasteiger charge is 2.44. The number of amides is 1. The summed E-state index contributed by atoms with van der Waals surface area (Å²) in [6.07, 6.45) is 0. The minimum absolute atomic E-state index is 0.0353. The standard InChI is InChI=1S/C11H13FN2O/c1-2-14-10(9(13)11(14)15)7-3-5-8(12)6-4-7/h3-6,9-10H,2,13H2,1H3/t9-,10-/m0/s1. The third kappa shape index (κ3) is 1.51. The van der Waals surface area contributed by atoms with E-state index in [0.717, 1.165) is 5.56 Å². The summed E-state index contributed by atoms with van der Waals surface area (Å²) in [6, 6.07) is 5.56. The average molecular weight is 208 g/mol. The van der Waals surface area contributed by atoms with E-state index in [9.17, 15) is 9.18 Å². The molecule has 0 unspecified atom stereocenters. The van der Waals surface area contributed by atoms with Crippen molar-refractivity contribution in [2.24, 2.45) is 5.73 Å². The Morgan fingerprint density at radius 2 is 2.00 bits per heavy atom. The fraction of sp³-hybridized carbons (Fsp3) is 0.364. The van der Waals surface area contributed by atoms with E-state index < -0.39 is 6.04 Å². The monoisotopic (exact) mass is 208 g/mol. The van der Waals surface area contributed by atoms with E-state index in [1.165, 1.54) is 12.1 Å². The molecule has 1 aliphatic rings. The topological polar surface area (TPSA) is 46.3 Å². The number of carbonyl (C=O) groups excluding carboxylic acids is 1. The van der Waals surface area contributed by atoms with Gasteiger partial charge in [-0.05, 0) is 24.6 Å². The van der Waals surface area contributed by atoms with Crippen LogP contribution in [-0.4, -0.2) is 23.4 Å². The molecular weight excluding hydrogens is 195 g/mol. The predicted molar refractivity (Wildman–Crippen MR) is 54.5 cm³/mol. The van der Waals surface area contributed by atoms with Gasteiger partial charge in [0.2, 0.25) is 5.91 Å². The summed E-state index contributed by atoms with van der Waals surface area (Å²) in [4.78, 5) is 13.1. The van der Waals surface area contributed by atoms with Crippen LogP contribution in [-0.2, 0) is 4.79 Å². The molecular formula is C11H13FN2O. The molecule has 0 aromatic heterocycles. The number of likely N-dealkylation sites (tertiary alicyclic amines) is 1. The van der Waals surface area contributed by atoms with Gasteiger partial charge in [0.05, 0.1) is 6.04 Å². The van der Waals surface area contributed by atoms with Crippen molar-refractivity contribution in [1.82, 2.24) is 4.90 Å². The normalized spacial score (nSPS) is 25.3. The fourth-order valence-corrected chi connectivity index (χ4v) is 1.98. The van der Waals surface area contributed by atoms with Crippen LogP contribution in [0.2, 0.25) is 0 Å². The van der Waals surface area contributed by atoms with E-state index in [2.05, 4.69) is 0 Å². The lowest BCUT2D eigenvalue weighted by Crippen LogP contribution is -2.62. The van der Waals surface area contributed by atoms with Gasteiger partial charge < -0.3 is 10.6 Å². The second-order valence-corrected chi connectivity index (χ2v) is 3.65. The van der Waals surface area contributed by atoms with Crippen LogP contribution in [0.1, 0.15) is 18.5 Å². The molecule has 1 aromatic rings. The number of hydrogen-bond acceptors (Lipinski definition) is 2. The van der Waals surface area contributed by atoms with E-state index in [4.69, 9.17) is 5.73 Å². The van der Waals surface area contributed by atoms with Crippen molar-refractivity contribution in [1.29, 1.82) is 0 Å². The van der Waals surface area contributed by atoms with Gasteiger partial charge in [-0.25, -0.2) is 4.39 Å². The lowest BCUT2D eigenvalue weighted by molar-refractivity contribution is -0.149. The number of rotatable bonds is 2. The van der Waals surface area contributed by atoms with Crippen LogP contribution < -0.4 is 5.73 Å². The molecule has 1 saturated heterocycles. The zero-order valence-electron chi connectivity index (χ0n) is 8.48. The fourth-order valence-electron chi connectivity index (χ4n) is 1.98. The van der Waals surface area contributed by atoms with Gasteiger partial charge in [-0.2, -0.15) is 0 Å². The summed E-state index contributed by atoms with van der Waals surface area (Å²) in [5.41, 5.74) is 6.61. The summed E-state index contributed by atoms with van der Waals surface area (Å²) in [5.74, 6) is -0.312. The molecule has 1 aliphatic heterocycles. The second kappa shape index (κ2) is 3.62. The minimum Gasteiger partial charge on any atom is -0.332 e. The van der Waals surface area contributed by atoms with Gasteiger partial charge in [0.25, 0.3) is 0 Å². The van der Waals surface area contributed by atoms with Crippen LogP contribution in [0.4, 0.5) is 4.39 Å². The van der Waals surface area contributed by atoms with E-state index in [0.29, 0.717) is 6.54 Å². The zero-order valence-corrected chi connectivity index (χ0v) is 8.48. The number of carbonyl (C=O) groups is 1. The van der Waals surface area contributed by atoms with Gasteiger partial charge in [0.1, 0.15) is 11.9 Å². The van der Waals surface area contributed by atoms with Crippen molar-refractivity contribution >= 4 is 5.91 Å². The van der Waals surface area contributed by atoms with E-state index in [1.807, 2.05) is 6.92 Å². The van der Waals surface area contributed by atoms with Gasteiger partial charge in [-0.1, -0.05) is 12.1 Å². The summed E-state index contributed by atoms with van der Waals surface area (Å²) >= 11 is 0. The molecule has 3 nitrogen and oxygen atoms in total. The first-order valence-corrected chi connectivity index (χ1v) is 4.96. The summed E-state index contributed by atoms with van der Waals surface area (Å²) in [6.45, 7) is 2.54. The Bertz CT molecular complexity index is 377. The van der Waals surface area contributed by atoms with Crippen LogP contribution in [0.15, 0.2) is 24.3 Å². The quantitative estimate of drug-likeness (QED) is 0.738. The van der Waals surface area contributed by atoms with Crippen molar-refractivity contribution in [2.75, 3.05) is 6.54 Å². The minimum atomic E-state index is -0.476. The molecule has 0 spiro atoms. The first kappa shape index (κ1) is 10.1. The maximum atomic E-state index is 12.7. The number of nitrogens with zero attached hydrogens (tertiary/aromatic N) is 1. The highest BCUT2D eigenvalue weighted by Crippen LogP contribution is 2.32. The molecule has 4 heteroatoms. The van der Waals surface area contributed by atoms with Gasteiger partial charge in [0, 0.05) is 6.54 Å². The van der Waals surface area contributed by atoms with Crippen LogP contribution in [0.5, 0.6) is 0 Å². The van der Waals surface area contributed by atoms with Crippen molar-refractivity contribution in [3.63, 3.8) is 0 Å². The number of β-lactam (4-membered cyclic amide) rings is 1. The molecule has 0 radical (unpaired) electrons. The Labute approximate surface area is 87.7 Å². The van der Waals surface area contributed by atoms with Crippen LogP contribution in [0.25, 0.3) is 0 Å². The average Bonchev–Trinajstić information content (AvgIpc) is 2.26. The van der Waals surface area contributed by atoms with Gasteiger partial charge in [-0.3, -0.25) is 4.79 Å². The third-order valence-electron chi connectivity index (χ3n) is 2.80. The van der Waals surface area contributed by atoms with Gasteiger partial charge in [-0.15, -0.1) is 0 Å². The lowest BCUT2D eigenvalue weighted by atomic mass is 9.89. The zero-order chi connectivity index (χ0) is 11.0. The molecule has 2 atom stereocenters. The summed E-state index contributed by atoms with van der Waals surface area (Å²) < 4.78 is 12.7. The molecule has 0 bridgehead atoms. The molecule has 2 N–H and O–H groups in total. The maximum absolute atomic E-state index is 12.7. The lowest BCUT2D eigenvalue weighted by Gasteiger charge is -2.45. The molecule has 1 fully saturated rings. The number of halogens is 1. The molecule has 15 heavy (non-hydrogen) atoms. The Morgan fingerprint density at radius 3 is 2.53 bits per heavy atom. The molecule has 0 aliphatic carbocycles. The summed E-state index contributed by atoms with van der Waals surface area (Å²) in [7, 11) is 0. The summed E-state index contributed by atoms with van der Waals surface area (Å²) in [5, 5.41) is 0. The van der Waals surface area contributed by atoms with E-state index >= 15 is 0 Å². The SMILES string of the molecule is CCN1C(=O)[C@@H](N)[C@@H]1c1ccc(F)cc1. The third-order valence-corrected chi connectivity index (χ3v) is 2.80. The number of likely N-dealkylation sites (N-methyl/N-ethyl adjacent to an activating group) is 1. The Morgan fingerprint density at radius 1 is 1.40 bits per heavy atom.